The maximum absolute atomic E-state index is 13.5. The number of nitrogens with one attached hydrogen (secondary N) is 1. The Balaban J connectivity index is 1.62. The maximum atomic E-state index is 13.5. The lowest BCUT2D eigenvalue weighted by atomic mass is 9.95. The van der Waals surface area contributed by atoms with Crippen LogP contribution in [-0.4, -0.2) is 40.5 Å². The fourth-order valence-electron chi connectivity index (χ4n) is 3.67. The molecule has 0 fully saturated rings. The molecular formula is C22H22FN3O3. The minimum atomic E-state index is -0.766. The Kier molecular flexibility index (Phi) is 5.20. The molecule has 2 aromatic carbocycles. The Bertz CT molecular complexity index is 1000. The molecule has 1 aliphatic heterocycles. The lowest BCUT2D eigenvalue weighted by molar-refractivity contribution is -0.140. The quantitative estimate of drug-likeness (QED) is 0.718. The number of imidazole rings is 1. The number of halogens is 1. The predicted octanol–water partition coefficient (Wildman–Crippen LogP) is 3.50. The van der Waals surface area contributed by atoms with Crippen molar-refractivity contribution < 1.29 is 18.7 Å². The number of aromatic amines is 1. The maximum Gasteiger partial charge on any atom is 0.264 e. The third-order valence-electron chi connectivity index (χ3n) is 5.10. The molecule has 0 saturated heterocycles. The zero-order valence-electron chi connectivity index (χ0n) is 16.3. The summed E-state index contributed by atoms with van der Waals surface area (Å²) >= 11 is 0. The van der Waals surface area contributed by atoms with Gasteiger partial charge in [0.1, 0.15) is 23.4 Å². The number of methoxy groups -OCH3 is 1. The average Bonchev–Trinajstić information content (AvgIpc) is 3.21. The second-order valence-electron chi connectivity index (χ2n) is 6.94. The van der Waals surface area contributed by atoms with E-state index in [1.807, 2.05) is 24.3 Å². The van der Waals surface area contributed by atoms with Gasteiger partial charge in [0.15, 0.2) is 6.10 Å². The number of fused-ring (bicyclic) bond motifs is 1. The molecule has 6 nitrogen and oxygen atoms in total. The lowest BCUT2D eigenvalue weighted by Gasteiger charge is -2.36. The molecule has 150 valence electrons. The first-order valence-electron chi connectivity index (χ1n) is 9.45. The Labute approximate surface area is 168 Å². The van der Waals surface area contributed by atoms with Gasteiger partial charge < -0.3 is 19.4 Å². The zero-order chi connectivity index (χ0) is 20.4. The van der Waals surface area contributed by atoms with Crippen LogP contribution >= 0.6 is 0 Å². The van der Waals surface area contributed by atoms with Crippen LogP contribution in [-0.2, 0) is 11.2 Å². The predicted molar refractivity (Wildman–Crippen MR) is 105 cm³/mol. The molecule has 1 aliphatic rings. The topological polar surface area (TPSA) is 67.5 Å². The van der Waals surface area contributed by atoms with Gasteiger partial charge in [0.05, 0.1) is 19.1 Å². The fourth-order valence-corrected chi connectivity index (χ4v) is 3.67. The molecular weight excluding hydrogens is 373 g/mol. The van der Waals surface area contributed by atoms with E-state index >= 15 is 0 Å². The number of nitrogens with zero attached hydrogens (tertiary/aromatic N) is 2. The van der Waals surface area contributed by atoms with Crippen LogP contribution in [0.5, 0.6) is 11.5 Å². The van der Waals surface area contributed by atoms with Crippen LogP contribution in [0.2, 0.25) is 0 Å². The summed E-state index contributed by atoms with van der Waals surface area (Å²) in [6, 6.07) is 13.1. The van der Waals surface area contributed by atoms with E-state index in [0.29, 0.717) is 18.7 Å². The molecule has 3 aromatic rings. The summed E-state index contributed by atoms with van der Waals surface area (Å²) < 4.78 is 24.4. The van der Waals surface area contributed by atoms with E-state index < -0.39 is 11.9 Å². The van der Waals surface area contributed by atoms with Gasteiger partial charge in [0.25, 0.3) is 5.91 Å². The number of ether oxygens (including phenoxy) is 2. The number of H-pyrrole nitrogens is 1. The molecule has 1 aromatic heterocycles. The van der Waals surface area contributed by atoms with Crippen LogP contribution < -0.4 is 9.47 Å². The van der Waals surface area contributed by atoms with Gasteiger partial charge in [-0.15, -0.1) is 0 Å². The van der Waals surface area contributed by atoms with Crippen molar-refractivity contribution in [3.63, 3.8) is 0 Å². The Morgan fingerprint density at radius 1 is 1.24 bits per heavy atom. The summed E-state index contributed by atoms with van der Waals surface area (Å²) in [6.45, 7) is 2.21. The van der Waals surface area contributed by atoms with Crippen LogP contribution in [0, 0.1) is 5.82 Å². The third-order valence-corrected chi connectivity index (χ3v) is 5.10. The van der Waals surface area contributed by atoms with Crippen LogP contribution in [0.25, 0.3) is 0 Å². The van der Waals surface area contributed by atoms with Gasteiger partial charge in [0.2, 0.25) is 0 Å². The molecule has 0 bridgehead atoms. The number of aromatic nitrogens is 2. The van der Waals surface area contributed by atoms with Gasteiger partial charge >= 0.3 is 0 Å². The molecule has 0 unspecified atom stereocenters. The van der Waals surface area contributed by atoms with E-state index in [-0.39, 0.29) is 11.9 Å². The largest absolute Gasteiger partial charge is 0.497 e. The normalized spacial score (nSPS) is 16.8. The van der Waals surface area contributed by atoms with Gasteiger partial charge in [-0.3, -0.25) is 4.79 Å². The van der Waals surface area contributed by atoms with Gasteiger partial charge in [-0.1, -0.05) is 18.2 Å². The van der Waals surface area contributed by atoms with E-state index in [2.05, 4.69) is 9.97 Å². The molecule has 0 aliphatic carbocycles. The number of amides is 1. The molecule has 0 radical (unpaired) electrons. The first-order chi connectivity index (χ1) is 14.1. The minimum absolute atomic E-state index is 0.177. The minimum Gasteiger partial charge on any atom is -0.497 e. The van der Waals surface area contributed by atoms with E-state index in [0.717, 1.165) is 22.7 Å². The smallest absolute Gasteiger partial charge is 0.264 e. The highest BCUT2D eigenvalue weighted by Crippen LogP contribution is 2.34. The molecule has 29 heavy (non-hydrogen) atoms. The van der Waals surface area contributed by atoms with Gasteiger partial charge in [0, 0.05) is 24.7 Å². The Hall–Kier alpha value is -3.35. The lowest BCUT2D eigenvalue weighted by Crippen LogP contribution is -2.46. The molecule has 0 saturated carbocycles. The van der Waals surface area contributed by atoms with Gasteiger partial charge in [-0.25, -0.2) is 9.37 Å². The third kappa shape index (κ3) is 3.81. The van der Waals surface area contributed by atoms with Crippen molar-refractivity contribution in [2.75, 3.05) is 13.7 Å². The molecule has 1 N–H and O–H groups in total. The molecule has 4 rings (SSSR count). The first-order valence-corrected chi connectivity index (χ1v) is 9.45. The molecule has 0 spiro atoms. The summed E-state index contributed by atoms with van der Waals surface area (Å²) in [7, 11) is 1.61. The number of hydrogen-bond acceptors (Lipinski definition) is 4. The highest BCUT2D eigenvalue weighted by molar-refractivity contribution is 5.82. The molecule has 2 atom stereocenters. The van der Waals surface area contributed by atoms with Crippen LogP contribution in [0.4, 0.5) is 4.39 Å². The van der Waals surface area contributed by atoms with Crippen molar-refractivity contribution in [3.8, 4) is 11.5 Å². The van der Waals surface area contributed by atoms with Crippen LogP contribution in [0.1, 0.15) is 29.9 Å². The fraction of sp³-hybridized carbons (Fsp3) is 0.273. The average molecular weight is 395 g/mol. The second-order valence-corrected chi connectivity index (χ2v) is 6.94. The van der Waals surface area contributed by atoms with Crippen LogP contribution in [0.3, 0.4) is 0 Å². The summed E-state index contributed by atoms with van der Waals surface area (Å²) in [5, 5.41) is 0. The number of benzene rings is 2. The summed E-state index contributed by atoms with van der Waals surface area (Å²) in [5.41, 5.74) is 2.78. The SMILES string of the molecule is COc1ccc([C@H]2c3nc[nH]c3CCN2C(=O)[C@@H](C)Oc2cccc(F)c2)cc1. The van der Waals surface area contributed by atoms with E-state index in [9.17, 15) is 9.18 Å². The standard InChI is InChI=1S/C22H22FN3O3/c1-14(29-18-5-3-4-16(23)12-18)22(27)26-11-10-19-20(25-13-24-19)21(26)15-6-8-17(28-2)9-7-15/h3-9,12-14,21H,10-11H2,1-2H3,(H,24,25)/t14-,21+/m1/s1. The van der Waals surface area contributed by atoms with E-state index in [1.165, 1.54) is 12.1 Å². The number of carbonyl (C=O) groups is 1. The number of carbonyl (C=O) groups excluding carboxylic acids is 1. The van der Waals surface area contributed by atoms with Gasteiger partial charge in [-0.2, -0.15) is 0 Å². The first kappa shape index (κ1) is 19.0. The van der Waals surface area contributed by atoms with Gasteiger partial charge in [-0.05, 0) is 36.8 Å². The molecule has 2 heterocycles. The molecule has 7 heteroatoms. The van der Waals surface area contributed by atoms with E-state index in [1.54, 1.807) is 37.4 Å². The van der Waals surface area contributed by atoms with E-state index in [4.69, 9.17) is 9.47 Å². The number of hydrogen-bond donors (Lipinski definition) is 1. The van der Waals surface area contributed by atoms with Crippen molar-refractivity contribution in [1.29, 1.82) is 0 Å². The number of rotatable bonds is 5. The monoisotopic (exact) mass is 395 g/mol. The Morgan fingerprint density at radius 3 is 2.76 bits per heavy atom. The van der Waals surface area contributed by atoms with Crippen LogP contribution in [0.15, 0.2) is 54.9 Å². The van der Waals surface area contributed by atoms with Crippen molar-refractivity contribution >= 4 is 5.91 Å². The Morgan fingerprint density at radius 2 is 2.03 bits per heavy atom. The summed E-state index contributed by atoms with van der Waals surface area (Å²) in [5.74, 6) is 0.484. The highest BCUT2D eigenvalue weighted by Gasteiger charge is 2.36. The zero-order valence-corrected chi connectivity index (χ0v) is 16.3. The summed E-state index contributed by atoms with van der Waals surface area (Å²) in [6.07, 6.45) is 1.57. The van der Waals surface area contributed by atoms with Crippen molar-refractivity contribution in [2.24, 2.45) is 0 Å². The van der Waals surface area contributed by atoms with Crippen molar-refractivity contribution in [3.05, 3.63) is 77.6 Å². The molecule has 1 amide bonds. The summed E-state index contributed by atoms with van der Waals surface area (Å²) in [4.78, 5) is 22.7. The van der Waals surface area contributed by atoms with Crippen molar-refractivity contribution in [2.45, 2.75) is 25.5 Å². The second kappa shape index (κ2) is 7.95. The highest BCUT2D eigenvalue weighted by atomic mass is 19.1. The van der Waals surface area contributed by atoms with Crippen molar-refractivity contribution in [1.82, 2.24) is 14.9 Å².